The maximum atomic E-state index is 12.7. The number of hydrogen-bond donors (Lipinski definition) is 1. The Bertz CT molecular complexity index is 848. The molecule has 7 nitrogen and oxygen atoms in total. The summed E-state index contributed by atoms with van der Waals surface area (Å²) in [5, 5.41) is 3.71. The van der Waals surface area contributed by atoms with E-state index >= 15 is 0 Å². The molecule has 0 spiro atoms. The normalized spacial score (nSPS) is 21.5. The Morgan fingerprint density at radius 1 is 1.22 bits per heavy atom. The smallest absolute Gasteiger partial charge is 0.259 e. The van der Waals surface area contributed by atoms with E-state index in [9.17, 15) is 9.59 Å². The van der Waals surface area contributed by atoms with E-state index < -0.39 is 0 Å². The van der Waals surface area contributed by atoms with Crippen LogP contribution in [0.4, 0.5) is 5.69 Å². The quantitative estimate of drug-likeness (QED) is 0.865. The predicted octanol–water partition coefficient (Wildman–Crippen LogP) is 1.61. The molecule has 0 bridgehead atoms. The topological polar surface area (TPSA) is 92.7 Å². The molecular formula is C20H24N4O3. The van der Waals surface area contributed by atoms with Gasteiger partial charge in [-0.05, 0) is 31.0 Å². The molecule has 2 N–H and O–H groups in total. The largest absolute Gasteiger partial charge is 0.371 e. The third-order valence-electron chi connectivity index (χ3n) is 5.69. The lowest BCUT2D eigenvalue weighted by atomic mass is 10.0. The standard InChI is InChI=1S/C20H24N4O3/c1-13-18(8-22-27-13)20(26)24-11-15-9-23(10-16(15)12-24)17-4-2-3-14(7-17)5-6-19(21)25/h2-4,7-8,15-16H,5-6,9-12H2,1H3,(H2,21,25). The van der Waals surface area contributed by atoms with E-state index in [-0.39, 0.29) is 11.8 Å². The maximum absolute atomic E-state index is 12.7. The number of likely N-dealkylation sites (tertiary alicyclic amines) is 1. The molecule has 1 aromatic carbocycles. The minimum Gasteiger partial charge on any atom is -0.371 e. The fourth-order valence-corrected chi connectivity index (χ4v) is 4.22. The van der Waals surface area contributed by atoms with Gasteiger partial charge in [0.05, 0.1) is 6.20 Å². The van der Waals surface area contributed by atoms with Gasteiger partial charge in [0.2, 0.25) is 5.91 Å². The van der Waals surface area contributed by atoms with E-state index in [4.69, 9.17) is 10.3 Å². The Morgan fingerprint density at radius 2 is 1.96 bits per heavy atom. The van der Waals surface area contributed by atoms with Crippen molar-refractivity contribution >= 4 is 17.5 Å². The monoisotopic (exact) mass is 368 g/mol. The van der Waals surface area contributed by atoms with Crippen LogP contribution in [-0.4, -0.2) is 48.0 Å². The first-order valence-electron chi connectivity index (χ1n) is 9.34. The summed E-state index contributed by atoms with van der Waals surface area (Å²) in [5.41, 5.74) is 8.12. The summed E-state index contributed by atoms with van der Waals surface area (Å²) >= 11 is 0. The first-order chi connectivity index (χ1) is 13.0. The molecule has 2 aliphatic heterocycles. The fourth-order valence-electron chi connectivity index (χ4n) is 4.22. The van der Waals surface area contributed by atoms with Crippen LogP contribution in [0.1, 0.15) is 28.1 Å². The van der Waals surface area contributed by atoms with Crippen molar-refractivity contribution in [2.24, 2.45) is 17.6 Å². The van der Waals surface area contributed by atoms with Crippen molar-refractivity contribution < 1.29 is 14.1 Å². The highest BCUT2D eigenvalue weighted by molar-refractivity contribution is 5.95. The third kappa shape index (κ3) is 3.54. The summed E-state index contributed by atoms with van der Waals surface area (Å²) in [5.74, 6) is 1.27. The first-order valence-corrected chi connectivity index (χ1v) is 9.34. The maximum Gasteiger partial charge on any atom is 0.259 e. The summed E-state index contributed by atoms with van der Waals surface area (Å²) in [6.45, 7) is 5.19. The van der Waals surface area contributed by atoms with Crippen LogP contribution in [0.3, 0.4) is 0 Å². The average Bonchev–Trinajstić information content (AvgIpc) is 3.34. The Balaban J connectivity index is 1.39. The lowest BCUT2D eigenvalue weighted by Crippen LogP contribution is -2.33. The molecule has 0 aliphatic carbocycles. The van der Waals surface area contributed by atoms with Gasteiger partial charge < -0.3 is 20.1 Å². The number of nitrogens with zero attached hydrogens (tertiary/aromatic N) is 3. The van der Waals surface area contributed by atoms with Crippen molar-refractivity contribution in [3.8, 4) is 0 Å². The van der Waals surface area contributed by atoms with Crippen LogP contribution >= 0.6 is 0 Å². The molecule has 0 radical (unpaired) electrons. The average molecular weight is 368 g/mol. The molecule has 142 valence electrons. The van der Waals surface area contributed by atoms with E-state index in [0.29, 0.717) is 36.0 Å². The first kappa shape index (κ1) is 17.6. The summed E-state index contributed by atoms with van der Waals surface area (Å²) in [6, 6.07) is 8.32. The van der Waals surface area contributed by atoms with Crippen LogP contribution in [0.15, 0.2) is 35.0 Å². The van der Waals surface area contributed by atoms with Crippen LogP contribution in [0.2, 0.25) is 0 Å². The van der Waals surface area contributed by atoms with E-state index in [2.05, 4.69) is 22.2 Å². The molecule has 3 heterocycles. The molecule has 1 aromatic heterocycles. The van der Waals surface area contributed by atoms with Gasteiger partial charge in [-0.15, -0.1) is 0 Å². The van der Waals surface area contributed by atoms with Gasteiger partial charge >= 0.3 is 0 Å². The fraction of sp³-hybridized carbons (Fsp3) is 0.450. The van der Waals surface area contributed by atoms with Crippen LogP contribution in [0, 0.1) is 18.8 Å². The second-order valence-corrected chi connectivity index (χ2v) is 7.57. The minimum atomic E-state index is -0.274. The van der Waals surface area contributed by atoms with E-state index in [0.717, 1.165) is 31.7 Å². The number of anilines is 1. The second kappa shape index (κ2) is 7.06. The van der Waals surface area contributed by atoms with Crippen LogP contribution in [0.25, 0.3) is 0 Å². The molecule has 2 unspecified atom stereocenters. The van der Waals surface area contributed by atoms with Gasteiger partial charge in [-0.2, -0.15) is 0 Å². The van der Waals surface area contributed by atoms with Crippen LogP contribution in [-0.2, 0) is 11.2 Å². The van der Waals surface area contributed by atoms with Gasteiger partial charge in [0, 0.05) is 50.1 Å². The Morgan fingerprint density at radius 3 is 2.59 bits per heavy atom. The molecule has 2 saturated heterocycles. The van der Waals surface area contributed by atoms with Gasteiger partial charge in [0.25, 0.3) is 5.91 Å². The number of hydrogen-bond acceptors (Lipinski definition) is 5. The van der Waals surface area contributed by atoms with E-state index in [1.807, 2.05) is 17.0 Å². The number of carbonyl (C=O) groups is 2. The number of amides is 2. The van der Waals surface area contributed by atoms with Crippen LogP contribution < -0.4 is 10.6 Å². The van der Waals surface area contributed by atoms with Gasteiger partial charge in [0.15, 0.2) is 0 Å². The number of aromatic nitrogens is 1. The molecule has 2 aromatic rings. The summed E-state index contributed by atoms with van der Waals surface area (Å²) in [7, 11) is 0. The zero-order valence-corrected chi connectivity index (χ0v) is 15.4. The summed E-state index contributed by atoms with van der Waals surface area (Å²) < 4.78 is 5.03. The van der Waals surface area contributed by atoms with Crippen LogP contribution in [0.5, 0.6) is 0 Å². The minimum absolute atomic E-state index is 0.0168. The molecule has 0 saturated carbocycles. The van der Waals surface area contributed by atoms with Crippen molar-refractivity contribution in [3.63, 3.8) is 0 Å². The second-order valence-electron chi connectivity index (χ2n) is 7.57. The van der Waals surface area contributed by atoms with Crippen molar-refractivity contribution in [1.82, 2.24) is 10.1 Å². The highest BCUT2D eigenvalue weighted by atomic mass is 16.5. The molecule has 2 amide bonds. The number of primary amides is 1. The number of carbonyl (C=O) groups excluding carboxylic acids is 2. The number of aryl methyl sites for hydroxylation is 2. The lowest BCUT2D eigenvalue weighted by molar-refractivity contribution is -0.117. The zero-order chi connectivity index (χ0) is 19.0. The predicted molar refractivity (Wildman–Crippen MR) is 100 cm³/mol. The van der Waals surface area contributed by atoms with E-state index in [1.54, 1.807) is 6.92 Å². The molecule has 4 rings (SSSR count). The van der Waals surface area contributed by atoms with Gasteiger partial charge in [0.1, 0.15) is 11.3 Å². The highest BCUT2D eigenvalue weighted by Gasteiger charge is 2.42. The van der Waals surface area contributed by atoms with Gasteiger partial charge in [-0.25, -0.2) is 0 Å². The van der Waals surface area contributed by atoms with Crippen molar-refractivity contribution in [2.45, 2.75) is 19.8 Å². The number of benzene rings is 1. The summed E-state index contributed by atoms with van der Waals surface area (Å²) in [4.78, 5) is 28.0. The number of fused-ring (bicyclic) bond motifs is 1. The molecule has 2 atom stereocenters. The SMILES string of the molecule is Cc1oncc1C(=O)N1CC2CN(c3cccc(CCC(N)=O)c3)CC2C1. The number of rotatable bonds is 5. The summed E-state index contributed by atoms with van der Waals surface area (Å²) in [6.07, 6.45) is 2.55. The molecular weight excluding hydrogens is 344 g/mol. The Labute approximate surface area is 158 Å². The van der Waals surface area contributed by atoms with Crippen molar-refractivity contribution in [1.29, 1.82) is 0 Å². The molecule has 27 heavy (non-hydrogen) atoms. The highest BCUT2D eigenvalue weighted by Crippen LogP contribution is 2.35. The van der Waals surface area contributed by atoms with Gasteiger partial charge in [-0.3, -0.25) is 9.59 Å². The Hall–Kier alpha value is -2.83. The van der Waals surface area contributed by atoms with E-state index in [1.165, 1.54) is 11.9 Å². The number of nitrogens with two attached hydrogens (primary N) is 1. The van der Waals surface area contributed by atoms with Crippen molar-refractivity contribution in [3.05, 3.63) is 47.3 Å². The third-order valence-corrected chi connectivity index (χ3v) is 5.69. The lowest BCUT2D eigenvalue weighted by Gasteiger charge is -2.23. The molecule has 2 fully saturated rings. The van der Waals surface area contributed by atoms with Crippen molar-refractivity contribution in [2.75, 3.05) is 31.1 Å². The van der Waals surface area contributed by atoms with Gasteiger partial charge in [-0.1, -0.05) is 17.3 Å². The molecule has 7 heteroatoms. The Kier molecular flexibility index (Phi) is 4.59. The molecule has 2 aliphatic rings. The zero-order valence-electron chi connectivity index (χ0n) is 15.4.